The number of ether oxygens (including phenoxy) is 1. The molecule has 0 spiro atoms. The lowest BCUT2D eigenvalue weighted by Crippen LogP contribution is -2.10. The molecule has 2 aromatic rings. The maximum atomic E-state index is 10.6. The highest BCUT2D eigenvalue weighted by Gasteiger charge is 2.10. The van der Waals surface area contributed by atoms with Crippen LogP contribution in [0.15, 0.2) is 81.2 Å². The third kappa shape index (κ3) is 6.74. The Morgan fingerprint density at radius 1 is 1.17 bits per heavy atom. The van der Waals surface area contributed by atoms with Crippen LogP contribution in [0.1, 0.15) is 24.8 Å². The van der Waals surface area contributed by atoms with Crippen molar-refractivity contribution in [2.24, 2.45) is 5.18 Å². The van der Waals surface area contributed by atoms with Crippen molar-refractivity contribution < 1.29 is 9.84 Å². The molecule has 0 fully saturated rings. The first kappa shape index (κ1) is 21.6. The molecule has 1 aliphatic rings. The molecule has 152 valence electrons. The van der Waals surface area contributed by atoms with Crippen molar-refractivity contribution in [3.05, 3.63) is 81.8 Å². The van der Waals surface area contributed by atoms with Gasteiger partial charge in [0.2, 0.25) is 0 Å². The van der Waals surface area contributed by atoms with E-state index in [1.807, 2.05) is 42.5 Å². The average molecular weight is 430 g/mol. The molecule has 1 unspecified atom stereocenters. The zero-order chi connectivity index (χ0) is 20.5. The smallest absolute Gasteiger partial charge is 0.120 e. The molecular formula is C23H24ClNO3S. The summed E-state index contributed by atoms with van der Waals surface area (Å²) in [4.78, 5) is 12.7. The van der Waals surface area contributed by atoms with Gasteiger partial charge in [0.05, 0.1) is 6.61 Å². The van der Waals surface area contributed by atoms with Gasteiger partial charge in [0.15, 0.2) is 0 Å². The SMILES string of the molecule is O=NC(CO)CCc1ccc(Sc2cccc(OCC3=CCCC=C3)c2)cc1Cl. The van der Waals surface area contributed by atoms with Gasteiger partial charge in [-0.05, 0) is 67.2 Å². The van der Waals surface area contributed by atoms with Gasteiger partial charge >= 0.3 is 0 Å². The van der Waals surface area contributed by atoms with Crippen molar-refractivity contribution in [3.63, 3.8) is 0 Å². The van der Waals surface area contributed by atoms with E-state index >= 15 is 0 Å². The predicted octanol–water partition coefficient (Wildman–Crippen LogP) is 6.21. The molecule has 1 aliphatic carbocycles. The molecule has 0 bridgehead atoms. The number of allylic oxidation sites excluding steroid dienone is 2. The minimum atomic E-state index is -0.581. The van der Waals surface area contributed by atoms with Gasteiger partial charge in [-0.1, -0.05) is 58.9 Å². The Hall–Kier alpha value is -2.08. The molecule has 6 heteroatoms. The maximum Gasteiger partial charge on any atom is 0.120 e. The molecule has 1 atom stereocenters. The van der Waals surface area contributed by atoms with Crippen molar-refractivity contribution in [1.82, 2.24) is 0 Å². The van der Waals surface area contributed by atoms with E-state index in [2.05, 4.69) is 23.4 Å². The van der Waals surface area contributed by atoms with Crippen molar-refractivity contribution >= 4 is 23.4 Å². The zero-order valence-electron chi connectivity index (χ0n) is 16.1. The van der Waals surface area contributed by atoms with Crippen molar-refractivity contribution in [2.75, 3.05) is 13.2 Å². The number of nitrogens with zero attached hydrogens (tertiary/aromatic N) is 1. The third-order valence-corrected chi connectivity index (χ3v) is 5.98. The monoisotopic (exact) mass is 429 g/mol. The highest BCUT2D eigenvalue weighted by atomic mass is 35.5. The van der Waals surface area contributed by atoms with Crippen molar-refractivity contribution in [1.29, 1.82) is 0 Å². The first-order valence-corrected chi connectivity index (χ1v) is 10.9. The molecule has 0 heterocycles. The van der Waals surface area contributed by atoms with Gasteiger partial charge in [-0.15, -0.1) is 0 Å². The lowest BCUT2D eigenvalue weighted by Gasteiger charge is -2.11. The van der Waals surface area contributed by atoms with Gasteiger partial charge in [-0.25, -0.2) is 0 Å². The van der Waals surface area contributed by atoms with Crippen LogP contribution in [0.5, 0.6) is 5.75 Å². The molecule has 0 amide bonds. The Balaban J connectivity index is 1.59. The van der Waals surface area contributed by atoms with E-state index in [0.717, 1.165) is 33.9 Å². The number of nitroso groups, excluding NO2 is 1. The first-order valence-electron chi connectivity index (χ1n) is 9.66. The minimum absolute atomic E-state index is 0.235. The minimum Gasteiger partial charge on any atom is -0.489 e. The summed E-state index contributed by atoms with van der Waals surface area (Å²) in [6.07, 6.45) is 9.79. The van der Waals surface area contributed by atoms with E-state index in [1.54, 1.807) is 11.8 Å². The lowest BCUT2D eigenvalue weighted by molar-refractivity contribution is 0.260. The summed E-state index contributed by atoms with van der Waals surface area (Å²) < 4.78 is 5.93. The maximum absolute atomic E-state index is 10.6. The summed E-state index contributed by atoms with van der Waals surface area (Å²) in [6.45, 7) is 0.344. The van der Waals surface area contributed by atoms with E-state index < -0.39 is 6.04 Å². The summed E-state index contributed by atoms with van der Waals surface area (Å²) in [5.74, 6) is 0.842. The van der Waals surface area contributed by atoms with Gasteiger partial charge in [0.25, 0.3) is 0 Å². The Kier molecular flexibility index (Phi) is 8.35. The number of aliphatic hydroxyl groups is 1. The highest BCUT2D eigenvalue weighted by molar-refractivity contribution is 7.99. The van der Waals surface area contributed by atoms with Crippen LogP contribution in [0, 0.1) is 4.91 Å². The molecule has 0 aliphatic heterocycles. The second kappa shape index (κ2) is 11.2. The first-order chi connectivity index (χ1) is 14.2. The van der Waals surface area contributed by atoms with Crippen LogP contribution in [-0.4, -0.2) is 24.4 Å². The van der Waals surface area contributed by atoms with Gasteiger partial charge < -0.3 is 9.84 Å². The molecule has 0 saturated heterocycles. The Morgan fingerprint density at radius 2 is 2.03 bits per heavy atom. The fraction of sp³-hybridized carbons (Fsp3) is 0.304. The number of halogens is 1. The second-order valence-electron chi connectivity index (χ2n) is 6.86. The molecule has 0 radical (unpaired) electrons. The van der Waals surface area contributed by atoms with Crippen LogP contribution in [-0.2, 0) is 6.42 Å². The largest absolute Gasteiger partial charge is 0.489 e. The third-order valence-electron chi connectivity index (χ3n) is 4.65. The standard InChI is InChI=1S/C23H24ClNO3S/c24-23-14-22(12-10-18(23)9-11-19(15-26)25-27)29-21-8-4-7-20(13-21)28-16-17-5-2-1-3-6-17/h2,4-8,10,12-14,19,26H,1,3,9,11,15-16H2. The molecular weight excluding hydrogens is 406 g/mol. The van der Waals surface area contributed by atoms with Crippen LogP contribution in [0.2, 0.25) is 5.02 Å². The fourth-order valence-corrected chi connectivity index (χ4v) is 4.25. The second-order valence-corrected chi connectivity index (χ2v) is 8.41. The Morgan fingerprint density at radius 3 is 2.76 bits per heavy atom. The van der Waals surface area contributed by atoms with Crippen molar-refractivity contribution in [2.45, 2.75) is 41.5 Å². The van der Waals surface area contributed by atoms with Crippen molar-refractivity contribution in [3.8, 4) is 5.75 Å². The van der Waals surface area contributed by atoms with Crippen LogP contribution < -0.4 is 4.74 Å². The number of aliphatic hydroxyl groups excluding tert-OH is 1. The lowest BCUT2D eigenvalue weighted by atomic mass is 10.1. The molecule has 2 aromatic carbocycles. The highest BCUT2D eigenvalue weighted by Crippen LogP contribution is 2.33. The van der Waals surface area contributed by atoms with Gasteiger partial charge in [0, 0.05) is 14.8 Å². The number of benzene rings is 2. The molecule has 1 N–H and O–H groups in total. The van der Waals surface area contributed by atoms with E-state index in [9.17, 15) is 4.91 Å². The predicted molar refractivity (Wildman–Crippen MR) is 119 cm³/mol. The summed E-state index contributed by atoms with van der Waals surface area (Å²) in [6, 6.07) is 13.3. The summed E-state index contributed by atoms with van der Waals surface area (Å²) in [7, 11) is 0. The number of hydrogen-bond acceptors (Lipinski definition) is 5. The van der Waals surface area contributed by atoms with E-state index in [-0.39, 0.29) is 6.61 Å². The number of rotatable bonds is 10. The van der Waals surface area contributed by atoms with Gasteiger partial charge in [-0.3, -0.25) is 0 Å². The van der Waals surface area contributed by atoms with E-state index in [0.29, 0.717) is 24.5 Å². The molecule has 4 nitrogen and oxygen atoms in total. The topological polar surface area (TPSA) is 58.9 Å². The van der Waals surface area contributed by atoms with Crippen LogP contribution in [0.25, 0.3) is 0 Å². The Bertz CT molecular complexity index is 897. The van der Waals surface area contributed by atoms with Gasteiger partial charge in [-0.2, -0.15) is 4.91 Å². The quantitative estimate of drug-likeness (QED) is 0.456. The summed E-state index contributed by atoms with van der Waals surface area (Å²) in [5, 5.41) is 12.6. The molecule has 29 heavy (non-hydrogen) atoms. The van der Waals surface area contributed by atoms with Crippen LogP contribution in [0.3, 0.4) is 0 Å². The fourth-order valence-electron chi connectivity index (χ4n) is 3.00. The Labute approximate surface area is 180 Å². The summed E-state index contributed by atoms with van der Waals surface area (Å²) in [5.41, 5.74) is 2.16. The van der Waals surface area contributed by atoms with E-state index in [1.165, 1.54) is 5.57 Å². The van der Waals surface area contributed by atoms with E-state index in [4.69, 9.17) is 21.4 Å². The van der Waals surface area contributed by atoms with Gasteiger partial charge in [0.1, 0.15) is 18.4 Å². The zero-order valence-corrected chi connectivity index (χ0v) is 17.7. The molecule has 0 saturated carbocycles. The molecule has 3 rings (SSSR count). The molecule has 0 aromatic heterocycles. The summed E-state index contributed by atoms with van der Waals surface area (Å²) >= 11 is 8.03. The number of hydrogen-bond donors (Lipinski definition) is 1. The normalized spacial score (nSPS) is 14.3. The van der Waals surface area contributed by atoms with Crippen LogP contribution >= 0.6 is 23.4 Å². The average Bonchev–Trinajstić information content (AvgIpc) is 2.75. The number of aryl methyl sites for hydroxylation is 1. The van der Waals surface area contributed by atoms with Crippen LogP contribution in [0.4, 0.5) is 0 Å².